The summed E-state index contributed by atoms with van der Waals surface area (Å²) in [6.07, 6.45) is 3.29. The first-order valence-electron chi connectivity index (χ1n) is 7.14. The first kappa shape index (κ1) is 14.8. The molecule has 0 saturated carbocycles. The molecule has 118 valence electrons. The van der Waals surface area contributed by atoms with Crippen LogP contribution in [0.2, 0.25) is 0 Å². The monoisotopic (exact) mass is 311 g/mol. The van der Waals surface area contributed by atoms with Crippen LogP contribution in [0.4, 0.5) is 11.4 Å². The van der Waals surface area contributed by atoms with Gasteiger partial charge in [-0.15, -0.1) is 0 Å². The minimum atomic E-state index is -0.153. The number of anilines is 2. The Kier molecular flexibility index (Phi) is 3.61. The van der Waals surface area contributed by atoms with E-state index in [1.54, 1.807) is 33.4 Å². The Labute approximate surface area is 132 Å². The third-order valence-corrected chi connectivity index (χ3v) is 3.81. The Bertz CT molecular complexity index is 955. The molecule has 0 bridgehead atoms. The second-order valence-corrected chi connectivity index (χ2v) is 5.28. The van der Waals surface area contributed by atoms with Crippen molar-refractivity contribution in [3.8, 4) is 0 Å². The Morgan fingerprint density at radius 2 is 2.13 bits per heavy atom. The molecule has 0 unspecified atom stereocenters. The van der Waals surface area contributed by atoms with E-state index < -0.39 is 0 Å². The van der Waals surface area contributed by atoms with Crippen LogP contribution >= 0.6 is 0 Å². The molecule has 3 N–H and O–H groups in total. The summed E-state index contributed by atoms with van der Waals surface area (Å²) in [6, 6.07) is 5.63. The van der Waals surface area contributed by atoms with Gasteiger partial charge in [-0.1, -0.05) is 0 Å². The van der Waals surface area contributed by atoms with Gasteiger partial charge in [0.2, 0.25) is 0 Å². The van der Waals surface area contributed by atoms with E-state index in [9.17, 15) is 9.59 Å². The number of rotatable bonds is 3. The number of nitrogens with one attached hydrogen (secondary N) is 3. The number of hydrogen-bond donors (Lipinski definition) is 3. The van der Waals surface area contributed by atoms with Crippen molar-refractivity contribution in [3.05, 3.63) is 52.1 Å². The van der Waals surface area contributed by atoms with Crippen LogP contribution in [0, 0.1) is 6.92 Å². The third-order valence-electron chi connectivity index (χ3n) is 3.81. The van der Waals surface area contributed by atoms with Crippen molar-refractivity contribution < 1.29 is 4.79 Å². The van der Waals surface area contributed by atoms with Gasteiger partial charge in [-0.2, -0.15) is 5.10 Å². The zero-order valence-corrected chi connectivity index (χ0v) is 13.1. The van der Waals surface area contributed by atoms with Crippen LogP contribution in [-0.4, -0.2) is 27.7 Å². The number of benzene rings is 1. The zero-order chi connectivity index (χ0) is 16.6. The fourth-order valence-corrected chi connectivity index (χ4v) is 2.45. The number of aromatic amines is 1. The molecular formula is C16H17N5O2. The summed E-state index contributed by atoms with van der Waals surface area (Å²) in [4.78, 5) is 26.9. The first-order chi connectivity index (χ1) is 11.0. The fourth-order valence-electron chi connectivity index (χ4n) is 2.45. The van der Waals surface area contributed by atoms with Gasteiger partial charge < -0.3 is 15.6 Å². The molecule has 0 aliphatic rings. The lowest BCUT2D eigenvalue weighted by Gasteiger charge is -2.10. The number of nitrogens with zero attached hydrogens (tertiary/aromatic N) is 2. The molecule has 3 aromatic rings. The third kappa shape index (κ3) is 2.57. The second-order valence-electron chi connectivity index (χ2n) is 5.28. The molecule has 1 amide bonds. The van der Waals surface area contributed by atoms with Crippen molar-refractivity contribution >= 4 is 28.2 Å². The van der Waals surface area contributed by atoms with E-state index in [1.807, 2.05) is 18.2 Å². The van der Waals surface area contributed by atoms with Gasteiger partial charge in [-0.05, 0) is 25.1 Å². The second kappa shape index (κ2) is 5.60. The molecule has 7 heteroatoms. The largest absolute Gasteiger partial charge is 0.360 e. The number of hydrogen-bond acceptors (Lipinski definition) is 4. The standard InChI is InChI=1S/C16H17N5O2/c1-9-14(8-19-21(3)16(9)23)20-10-4-5-13-11(6-10)12(7-18-13)15(22)17-2/h4-8,18,20H,1-3H3,(H,17,22). The average Bonchev–Trinajstić information content (AvgIpc) is 2.98. The zero-order valence-electron chi connectivity index (χ0n) is 13.1. The van der Waals surface area contributed by atoms with Gasteiger partial charge in [-0.25, -0.2) is 4.68 Å². The molecule has 0 spiro atoms. The van der Waals surface area contributed by atoms with Gasteiger partial charge in [0.1, 0.15) is 0 Å². The predicted molar refractivity (Wildman–Crippen MR) is 89.2 cm³/mol. The number of aromatic nitrogens is 3. The molecular weight excluding hydrogens is 294 g/mol. The molecule has 3 rings (SSSR count). The van der Waals surface area contributed by atoms with E-state index in [-0.39, 0.29) is 11.5 Å². The maximum Gasteiger partial charge on any atom is 0.271 e. The number of carbonyl (C=O) groups excluding carboxylic acids is 1. The number of amides is 1. The molecule has 0 saturated heterocycles. The highest BCUT2D eigenvalue weighted by molar-refractivity contribution is 6.07. The van der Waals surface area contributed by atoms with Crippen molar-refractivity contribution in [2.24, 2.45) is 7.05 Å². The van der Waals surface area contributed by atoms with E-state index in [4.69, 9.17) is 0 Å². The summed E-state index contributed by atoms with van der Waals surface area (Å²) >= 11 is 0. The maximum atomic E-state index is 11.9. The SMILES string of the molecule is CNC(=O)c1c[nH]c2ccc(Nc3cnn(C)c(=O)c3C)cc12. The van der Waals surface area contributed by atoms with Crippen LogP contribution in [0.1, 0.15) is 15.9 Å². The van der Waals surface area contributed by atoms with Crippen LogP contribution in [-0.2, 0) is 7.05 Å². The van der Waals surface area contributed by atoms with Gasteiger partial charge >= 0.3 is 0 Å². The number of fused-ring (bicyclic) bond motifs is 1. The van der Waals surface area contributed by atoms with Crippen LogP contribution in [0.15, 0.2) is 35.4 Å². The predicted octanol–water partition coefficient (Wildman–Crippen LogP) is 1.67. The molecule has 0 radical (unpaired) electrons. The Balaban J connectivity index is 2.03. The molecule has 2 heterocycles. The van der Waals surface area contributed by atoms with Gasteiger partial charge in [0.25, 0.3) is 11.5 Å². The van der Waals surface area contributed by atoms with Gasteiger partial charge in [0.15, 0.2) is 0 Å². The lowest BCUT2D eigenvalue weighted by atomic mass is 10.1. The molecule has 0 aliphatic carbocycles. The molecule has 23 heavy (non-hydrogen) atoms. The average molecular weight is 311 g/mol. The van der Waals surface area contributed by atoms with Gasteiger partial charge in [-0.3, -0.25) is 9.59 Å². The van der Waals surface area contributed by atoms with Gasteiger partial charge in [0, 0.05) is 42.4 Å². The normalized spacial score (nSPS) is 10.7. The Hall–Kier alpha value is -3.09. The molecule has 2 aromatic heterocycles. The Morgan fingerprint density at radius 3 is 2.87 bits per heavy atom. The van der Waals surface area contributed by atoms with Crippen molar-refractivity contribution in [3.63, 3.8) is 0 Å². The quantitative estimate of drug-likeness (QED) is 0.686. The summed E-state index contributed by atoms with van der Waals surface area (Å²) in [7, 11) is 3.21. The highest BCUT2D eigenvalue weighted by Crippen LogP contribution is 2.25. The van der Waals surface area contributed by atoms with E-state index in [2.05, 4.69) is 20.7 Å². The minimum Gasteiger partial charge on any atom is -0.360 e. The lowest BCUT2D eigenvalue weighted by Crippen LogP contribution is -2.22. The molecule has 0 atom stereocenters. The highest BCUT2D eigenvalue weighted by Gasteiger charge is 2.12. The van der Waals surface area contributed by atoms with E-state index >= 15 is 0 Å². The lowest BCUT2D eigenvalue weighted by molar-refractivity contribution is 0.0965. The van der Waals surface area contributed by atoms with Crippen LogP contribution in [0.25, 0.3) is 10.9 Å². The van der Waals surface area contributed by atoms with Crippen LogP contribution in [0.5, 0.6) is 0 Å². The van der Waals surface area contributed by atoms with Crippen molar-refractivity contribution in [1.29, 1.82) is 0 Å². The summed E-state index contributed by atoms with van der Waals surface area (Å²) in [6.45, 7) is 1.75. The number of carbonyl (C=O) groups is 1. The van der Waals surface area contributed by atoms with Gasteiger partial charge in [0.05, 0.1) is 17.4 Å². The maximum absolute atomic E-state index is 11.9. The molecule has 0 fully saturated rings. The molecule has 0 aliphatic heterocycles. The van der Waals surface area contributed by atoms with E-state index in [1.165, 1.54) is 4.68 Å². The topological polar surface area (TPSA) is 91.8 Å². The molecule has 7 nitrogen and oxygen atoms in total. The van der Waals surface area contributed by atoms with E-state index in [0.717, 1.165) is 16.6 Å². The molecule has 1 aromatic carbocycles. The van der Waals surface area contributed by atoms with E-state index in [0.29, 0.717) is 16.8 Å². The number of aryl methyl sites for hydroxylation is 1. The van der Waals surface area contributed by atoms with Crippen molar-refractivity contribution in [2.45, 2.75) is 6.92 Å². The highest BCUT2D eigenvalue weighted by atomic mass is 16.1. The summed E-state index contributed by atoms with van der Waals surface area (Å²) in [5.41, 5.74) is 3.30. The minimum absolute atomic E-state index is 0.149. The summed E-state index contributed by atoms with van der Waals surface area (Å²) < 4.78 is 1.29. The summed E-state index contributed by atoms with van der Waals surface area (Å²) in [5, 5.41) is 10.6. The van der Waals surface area contributed by atoms with Crippen molar-refractivity contribution in [2.75, 3.05) is 12.4 Å². The number of H-pyrrole nitrogens is 1. The fraction of sp³-hybridized carbons (Fsp3) is 0.188. The smallest absolute Gasteiger partial charge is 0.271 e. The Morgan fingerprint density at radius 1 is 1.35 bits per heavy atom. The first-order valence-corrected chi connectivity index (χ1v) is 7.14. The summed E-state index contributed by atoms with van der Waals surface area (Å²) in [5.74, 6) is -0.153. The van der Waals surface area contributed by atoms with Crippen LogP contribution in [0.3, 0.4) is 0 Å². The van der Waals surface area contributed by atoms with Crippen molar-refractivity contribution in [1.82, 2.24) is 20.1 Å². The van der Waals surface area contributed by atoms with Crippen LogP contribution < -0.4 is 16.2 Å².